The molecule has 2 rings (SSSR count). The van der Waals surface area contributed by atoms with E-state index in [-0.39, 0.29) is 13.0 Å². The van der Waals surface area contributed by atoms with Gasteiger partial charge in [0.05, 0.1) is 17.6 Å². The maximum Gasteiger partial charge on any atom is 0.406 e. The van der Waals surface area contributed by atoms with Gasteiger partial charge in [-0.1, -0.05) is 12.1 Å². The first-order valence-corrected chi connectivity index (χ1v) is 7.24. The van der Waals surface area contributed by atoms with E-state index in [1.54, 1.807) is 31.2 Å². The third-order valence-electron chi connectivity index (χ3n) is 3.72. The summed E-state index contributed by atoms with van der Waals surface area (Å²) in [5.74, 6) is -2.31. The number of halogens is 3. The van der Waals surface area contributed by atoms with E-state index in [0.29, 0.717) is 16.0 Å². The van der Waals surface area contributed by atoms with Crippen LogP contribution in [-0.2, 0) is 14.3 Å². The van der Waals surface area contributed by atoms with Gasteiger partial charge in [0.1, 0.15) is 12.6 Å². The Bertz CT molecular complexity index is 665. The number of nitrogens with zero attached hydrogens (tertiary/aromatic N) is 2. The van der Waals surface area contributed by atoms with Crippen molar-refractivity contribution in [2.45, 2.75) is 25.6 Å². The number of rotatable bonds is 4. The number of hydrogen-bond donors (Lipinski definition) is 0. The number of carbonyl (C=O) groups is 2. The molecule has 0 aliphatic carbocycles. The number of benzene rings is 1. The lowest BCUT2D eigenvalue weighted by atomic mass is 10.1. The van der Waals surface area contributed by atoms with E-state index in [0.717, 1.165) is 0 Å². The molecule has 1 aromatic rings. The summed E-state index contributed by atoms with van der Waals surface area (Å²) in [6.07, 6.45) is -5.41. The second kappa shape index (κ2) is 6.91. The average molecular weight is 340 g/mol. The first kappa shape index (κ1) is 17.8. The first-order valence-electron chi connectivity index (χ1n) is 7.24. The molecule has 1 heterocycles. The fourth-order valence-corrected chi connectivity index (χ4v) is 2.47. The zero-order valence-electron chi connectivity index (χ0n) is 12.8. The Morgan fingerprint density at radius 2 is 2.04 bits per heavy atom. The van der Waals surface area contributed by atoms with E-state index in [2.05, 4.69) is 0 Å². The molecule has 2 atom stereocenters. The molecule has 0 aromatic heterocycles. The summed E-state index contributed by atoms with van der Waals surface area (Å²) in [5.41, 5.74) is 1.11. The van der Waals surface area contributed by atoms with Gasteiger partial charge >= 0.3 is 12.1 Å². The van der Waals surface area contributed by atoms with Crippen molar-refractivity contribution in [3.63, 3.8) is 0 Å². The van der Waals surface area contributed by atoms with Crippen molar-refractivity contribution in [1.82, 2.24) is 4.90 Å². The molecule has 1 aromatic carbocycles. The Balaban J connectivity index is 1.95. The van der Waals surface area contributed by atoms with Gasteiger partial charge in [-0.3, -0.25) is 9.59 Å². The van der Waals surface area contributed by atoms with Crippen molar-refractivity contribution in [3.8, 4) is 6.07 Å². The number of carbonyl (C=O) groups excluding carboxylic acids is 2. The lowest BCUT2D eigenvalue weighted by Gasteiger charge is -2.19. The normalized spacial score (nSPS) is 19.0. The molecule has 1 amide bonds. The van der Waals surface area contributed by atoms with Crippen molar-refractivity contribution >= 4 is 11.9 Å². The van der Waals surface area contributed by atoms with Gasteiger partial charge in [-0.2, -0.15) is 18.4 Å². The Morgan fingerprint density at radius 3 is 2.58 bits per heavy atom. The minimum absolute atomic E-state index is 0.283. The van der Waals surface area contributed by atoms with Crippen molar-refractivity contribution in [1.29, 1.82) is 5.26 Å². The number of amides is 1. The van der Waals surface area contributed by atoms with Crippen LogP contribution in [-0.4, -0.2) is 36.0 Å². The summed E-state index contributed by atoms with van der Waals surface area (Å²) in [4.78, 5) is 24.3. The molecular weight excluding hydrogens is 325 g/mol. The van der Waals surface area contributed by atoms with Gasteiger partial charge in [0.15, 0.2) is 0 Å². The third kappa shape index (κ3) is 4.47. The molecule has 2 unspecified atom stereocenters. The molecule has 1 aliphatic heterocycles. The van der Waals surface area contributed by atoms with E-state index >= 15 is 0 Å². The van der Waals surface area contributed by atoms with E-state index < -0.39 is 36.6 Å². The van der Waals surface area contributed by atoms with E-state index in [1.807, 2.05) is 6.07 Å². The highest BCUT2D eigenvalue weighted by Gasteiger charge is 2.41. The van der Waals surface area contributed by atoms with Crippen LogP contribution in [0.2, 0.25) is 0 Å². The standard InChI is InChI=1S/C16H15F3N2O3/c1-10(12-4-2-11(7-20)3-5-12)24-15(23)13-6-14(22)21(8-13)9-16(17,18)19/h2-5,10,13H,6,8-9H2,1H3. The fourth-order valence-electron chi connectivity index (χ4n) is 2.47. The predicted molar refractivity (Wildman–Crippen MR) is 76.4 cm³/mol. The van der Waals surface area contributed by atoms with Crippen molar-refractivity contribution in [3.05, 3.63) is 35.4 Å². The Morgan fingerprint density at radius 1 is 1.42 bits per heavy atom. The Hall–Kier alpha value is -2.56. The predicted octanol–water partition coefficient (Wildman–Crippen LogP) is 2.57. The summed E-state index contributed by atoms with van der Waals surface area (Å²) in [7, 11) is 0. The number of alkyl halides is 3. The third-order valence-corrected chi connectivity index (χ3v) is 3.72. The number of ether oxygens (including phenoxy) is 1. The second-order valence-electron chi connectivity index (χ2n) is 5.60. The van der Waals surface area contributed by atoms with E-state index in [9.17, 15) is 22.8 Å². The largest absolute Gasteiger partial charge is 0.458 e. The highest BCUT2D eigenvalue weighted by atomic mass is 19.4. The zero-order chi connectivity index (χ0) is 17.9. The molecule has 0 N–H and O–H groups in total. The number of esters is 1. The number of likely N-dealkylation sites (tertiary alicyclic amines) is 1. The molecule has 0 saturated carbocycles. The van der Waals surface area contributed by atoms with Crippen LogP contribution in [0.5, 0.6) is 0 Å². The van der Waals surface area contributed by atoms with Crippen LogP contribution in [0.4, 0.5) is 13.2 Å². The van der Waals surface area contributed by atoms with Gasteiger partial charge in [0.25, 0.3) is 0 Å². The lowest BCUT2D eigenvalue weighted by molar-refractivity contribution is -0.158. The first-order chi connectivity index (χ1) is 11.2. The molecular formula is C16H15F3N2O3. The lowest BCUT2D eigenvalue weighted by Crippen LogP contribution is -2.35. The maximum atomic E-state index is 12.4. The Labute approximate surface area is 136 Å². The van der Waals surface area contributed by atoms with Crippen molar-refractivity contribution < 1.29 is 27.5 Å². The molecule has 24 heavy (non-hydrogen) atoms. The average Bonchev–Trinajstić information content (AvgIpc) is 2.86. The molecule has 8 heteroatoms. The summed E-state index contributed by atoms with van der Waals surface area (Å²) in [6, 6.07) is 8.37. The van der Waals surface area contributed by atoms with Crippen LogP contribution < -0.4 is 0 Å². The minimum atomic E-state index is -4.50. The van der Waals surface area contributed by atoms with E-state index in [4.69, 9.17) is 10.00 Å². The van der Waals surface area contributed by atoms with Crippen LogP contribution >= 0.6 is 0 Å². The summed E-state index contributed by atoms with van der Waals surface area (Å²) < 4.78 is 42.3. The van der Waals surface area contributed by atoms with Crippen LogP contribution in [0.3, 0.4) is 0 Å². The zero-order valence-corrected chi connectivity index (χ0v) is 12.8. The van der Waals surface area contributed by atoms with E-state index in [1.165, 1.54) is 0 Å². The maximum absolute atomic E-state index is 12.4. The molecule has 1 saturated heterocycles. The smallest absolute Gasteiger partial charge is 0.406 e. The molecule has 1 aliphatic rings. The molecule has 0 bridgehead atoms. The van der Waals surface area contributed by atoms with Crippen LogP contribution in [0.15, 0.2) is 24.3 Å². The summed E-state index contributed by atoms with van der Waals surface area (Å²) in [5, 5.41) is 8.73. The summed E-state index contributed by atoms with van der Waals surface area (Å²) >= 11 is 0. The SMILES string of the molecule is CC(OC(=O)C1CC(=O)N(CC(F)(F)F)C1)c1ccc(C#N)cc1. The van der Waals surface area contributed by atoms with Crippen LogP contribution in [0.25, 0.3) is 0 Å². The van der Waals surface area contributed by atoms with Crippen molar-refractivity contribution in [2.75, 3.05) is 13.1 Å². The highest BCUT2D eigenvalue weighted by molar-refractivity contribution is 5.86. The van der Waals surface area contributed by atoms with Gasteiger partial charge in [-0.15, -0.1) is 0 Å². The number of nitriles is 1. The van der Waals surface area contributed by atoms with Crippen molar-refractivity contribution in [2.24, 2.45) is 5.92 Å². The highest BCUT2D eigenvalue weighted by Crippen LogP contribution is 2.26. The molecule has 0 radical (unpaired) electrons. The van der Waals surface area contributed by atoms with Gasteiger partial charge in [-0.05, 0) is 24.6 Å². The molecule has 5 nitrogen and oxygen atoms in total. The van der Waals surface area contributed by atoms with Gasteiger partial charge < -0.3 is 9.64 Å². The second-order valence-corrected chi connectivity index (χ2v) is 5.60. The quantitative estimate of drug-likeness (QED) is 0.790. The monoisotopic (exact) mass is 340 g/mol. The van der Waals surface area contributed by atoms with Gasteiger partial charge in [0.2, 0.25) is 5.91 Å². The van der Waals surface area contributed by atoms with Gasteiger partial charge in [0, 0.05) is 13.0 Å². The number of hydrogen-bond acceptors (Lipinski definition) is 4. The van der Waals surface area contributed by atoms with Crippen LogP contribution in [0.1, 0.15) is 30.6 Å². The van der Waals surface area contributed by atoms with Gasteiger partial charge in [-0.25, -0.2) is 0 Å². The Kier molecular flexibility index (Phi) is 5.12. The molecule has 128 valence electrons. The summed E-state index contributed by atoms with van der Waals surface area (Å²) in [6.45, 7) is -0.0401. The minimum Gasteiger partial charge on any atom is -0.458 e. The molecule has 0 spiro atoms. The molecule has 1 fully saturated rings. The van der Waals surface area contributed by atoms with Crippen LogP contribution in [0, 0.1) is 17.2 Å². The topological polar surface area (TPSA) is 70.4 Å². The fraction of sp³-hybridized carbons (Fsp3) is 0.438.